The molecule has 1 aliphatic rings. The van der Waals surface area contributed by atoms with Crippen LogP contribution in [0.15, 0.2) is 4.99 Å². The molecule has 50 heavy (non-hydrogen) atoms. The summed E-state index contributed by atoms with van der Waals surface area (Å²) in [6, 6.07) is -9.24. The summed E-state index contributed by atoms with van der Waals surface area (Å²) in [5.41, 5.74) is 16.2. The number of hydrogen-bond acceptors (Lipinski definition) is 11. The van der Waals surface area contributed by atoms with E-state index in [-0.39, 0.29) is 38.3 Å². The molecule has 7 amide bonds. The smallest absolute Gasteiger partial charge is 0.325 e. The van der Waals surface area contributed by atoms with Gasteiger partial charge in [0.1, 0.15) is 42.3 Å². The molecule has 1 heterocycles. The van der Waals surface area contributed by atoms with Crippen LogP contribution in [0.25, 0.3) is 0 Å². The largest absolute Gasteiger partial charge is 0.480 e. The van der Waals surface area contributed by atoms with Gasteiger partial charge in [0.05, 0.1) is 12.6 Å². The first kappa shape index (κ1) is 43.0. The Morgan fingerprint density at radius 1 is 0.740 bits per heavy atom. The molecular weight excluding hydrogens is 662 g/mol. The Morgan fingerprint density at radius 3 is 1.76 bits per heavy atom. The fourth-order valence-corrected chi connectivity index (χ4v) is 4.62. The first-order valence-corrected chi connectivity index (χ1v) is 16.1. The quantitative estimate of drug-likeness (QED) is 0.0338. The Morgan fingerprint density at radius 2 is 1.24 bits per heavy atom. The van der Waals surface area contributed by atoms with Gasteiger partial charge < -0.3 is 64.2 Å². The van der Waals surface area contributed by atoms with Gasteiger partial charge in [0.15, 0.2) is 5.96 Å². The molecule has 0 spiro atoms. The minimum atomic E-state index is -1.38. The Labute approximate surface area is 289 Å². The van der Waals surface area contributed by atoms with Crippen molar-refractivity contribution in [2.24, 2.45) is 22.2 Å². The number of aliphatic carboxylic acids is 1. The van der Waals surface area contributed by atoms with Gasteiger partial charge in [-0.3, -0.25) is 43.3 Å². The molecule has 1 aliphatic heterocycles. The van der Waals surface area contributed by atoms with Gasteiger partial charge in [-0.05, 0) is 60.3 Å². The molecule has 0 bridgehead atoms. The van der Waals surface area contributed by atoms with E-state index in [0.29, 0.717) is 6.42 Å². The molecule has 1 fully saturated rings. The lowest BCUT2D eigenvalue weighted by Gasteiger charge is -2.30. The Balaban J connectivity index is 2.98. The number of nitrogens with two attached hydrogens (primary N) is 3. The van der Waals surface area contributed by atoms with Crippen LogP contribution < -0.4 is 49.1 Å². The molecule has 0 aromatic carbocycles. The number of carbonyl (C=O) groups excluding carboxylic acids is 7. The highest BCUT2D eigenvalue weighted by Gasteiger charge is 2.39. The van der Waals surface area contributed by atoms with Crippen LogP contribution >= 0.6 is 0 Å². The average molecular weight is 714 g/mol. The number of carbonyl (C=O) groups is 8. The Hall–Kier alpha value is -5.05. The second kappa shape index (κ2) is 20.5. The number of carboxylic acid groups (broad SMARTS) is 1. The SMILES string of the molecule is C[C@H](N)C(=O)N[C@@H](CO)C(=O)N[C@@H](C)C(=O)N[C@@H](C)C(=O)N[C@@H](CCCN=C(N)N)C(=O)N1CCC[C@H]1C(=O)N[C@@H](C)C(=O)N[C@@H](C)C(=O)O. The number of rotatable bonds is 19. The van der Waals surface area contributed by atoms with E-state index in [0.717, 1.165) is 0 Å². The van der Waals surface area contributed by atoms with Gasteiger partial charge in [-0.1, -0.05) is 0 Å². The number of aliphatic hydroxyl groups excluding tert-OH is 1. The van der Waals surface area contributed by atoms with Crippen LogP contribution in [0.3, 0.4) is 0 Å². The minimum Gasteiger partial charge on any atom is -0.480 e. The highest BCUT2D eigenvalue weighted by atomic mass is 16.4. The number of hydrogen-bond donors (Lipinski definition) is 11. The lowest BCUT2D eigenvalue weighted by atomic mass is 10.1. The second-order valence-electron chi connectivity index (χ2n) is 12.0. The van der Waals surface area contributed by atoms with Crippen LogP contribution in [0.1, 0.15) is 60.3 Å². The molecule has 14 N–H and O–H groups in total. The summed E-state index contributed by atoms with van der Waals surface area (Å²) >= 11 is 0. The van der Waals surface area contributed by atoms with Crippen molar-refractivity contribution in [3.63, 3.8) is 0 Å². The van der Waals surface area contributed by atoms with Crippen LogP contribution in [0, 0.1) is 0 Å². The molecule has 0 aromatic heterocycles. The van der Waals surface area contributed by atoms with Crippen molar-refractivity contribution in [2.45, 2.75) is 109 Å². The molecule has 282 valence electrons. The van der Waals surface area contributed by atoms with E-state index < -0.39 is 102 Å². The molecule has 8 atom stereocenters. The maximum Gasteiger partial charge on any atom is 0.325 e. The van der Waals surface area contributed by atoms with Gasteiger partial charge in [-0.15, -0.1) is 0 Å². The predicted octanol–water partition coefficient (Wildman–Crippen LogP) is -5.56. The van der Waals surface area contributed by atoms with E-state index in [4.69, 9.17) is 22.3 Å². The second-order valence-corrected chi connectivity index (χ2v) is 12.0. The number of aliphatic imine (C=N–C) groups is 1. The first-order valence-electron chi connectivity index (χ1n) is 16.1. The standard InChI is InChI=1S/C29H51N11O10/c1-13(30)21(42)39-19(12-41)25(46)35-14(2)22(43)34-16(4)24(45)38-18(8-6-10-33-29(31)32)27(48)40-11-7-9-20(40)26(47)36-15(3)23(44)37-17(5)28(49)50/h13-20,41H,6-12,30H2,1-5H3,(H,34,43)(H,35,46)(H,36,47)(H,37,44)(H,38,45)(H,39,42)(H,49,50)(H4,31,32,33)/t13-,14-,15-,16-,17-,18-,19-,20-/m0/s1. The molecule has 1 saturated heterocycles. The van der Waals surface area contributed by atoms with E-state index in [9.17, 15) is 43.5 Å². The third-order valence-corrected chi connectivity index (χ3v) is 7.61. The molecule has 21 nitrogen and oxygen atoms in total. The van der Waals surface area contributed by atoms with Gasteiger partial charge in [0.25, 0.3) is 0 Å². The fourth-order valence-electron chi connectivity index (χ4n) is 4.62. The third-order valence-electron chi connectivity index (χ3n) is 7.61. The molecule has 0 unspecified atom stereocenters. The lowest BCUT2D eigenvalue weighted by molar-refractivity contribution is -0.143. The van der Waals surface area contributed by atoms with Crippen molar-refractivity contribution < 1.29 is 48.6 Å². The zero-order valence-corrected chi connectivity index (χ0v) is 28.9. The van der Waals surface area contributed by atoms with Gasteiger partial charge in [-0.2, -0.15) is 0 Å². The van der Waals surface area contributed by atoms with Crippen LogP contribution in [-0.4, -0.2) is 136 Å². The average Bonchev–Trinajstić information content (AvgIpc) is 3.54. The van der Waals surface area contributed by atoms with Crippen LogP contribution in [0.5, 0.6) is 0 Å². The van der Waals surface area contributed by atoms with Crippen LogP contribution in [0.4, 0.5) is 0 Å². The maximum atomic E-state index is 13.8. The van der Waals surface area contributed by atoms with E-state index in [2.05, 4.69) is 36.9 Å². The number of amides is 7. The summed E-state index contributed by atoms with van der Waals surface area (Å²) in [7, 11) is 0. The number of guanidine groups is 1. The minimum absolute atomic E-state index is 0.0425. The number of carboxylic acids is 1. The number of nitrogens with zero attached hydrogens (tertiary/aromatic N) is 2. The number of likely N-dealkylation sites (tertiary alicyclic amines) is 1. The molecule has 1 rings (SSSR count). The van der Waals surface area contributed by atoms with Gasteiger partial charge in [0, 0.05) is 13.1 Å². The van der Waals surface area contributed by atoms with Crippen molar-refractivity contribution in [1.29, 1.82) is 0 Å². The molecule has 0 radical (unpaired) electrons. The molecular formula is C29H51N11O10. The predicted molar refractivity (Wildman–Crippen MR) is 177 cm³/mol. The van der Waals surface area contributed by atoms with Crippen molar-refractivity contribution >= 4 is 53.3 Å². The van der Waals surface area contributed by atoms with E-state index in [1.54, 1.807) is 0 Å². The zero-order valence-electron chi connectivity index (χ0n) is 28.9. The van der Waals surface area contributed by atoms with E-state index >= 15 is 0 Å². The first-order chi connectivity index (χ1) is 23.3. The maximum absolute atomic E-state index is 13.8. The van der Waals surface area contributed by atoms with Gasteiger partial charge >= 0.3 is 5.97 Å². The highest BCUT2D eigenvalue weighted by molar-refractivity contribution is 5.97. The summed E-state index contributed by atoms with van der Waals surface area (Å²) in [6.45, 7) is 6.17. The van der Waals surface area contributed by atoms with Crippen LogP contribution in [0.2, 0.25) is 0 Å². The van der Waals surface area contributed by atoms with Gasteiger partial charge in [-0.25, -0.2) is 0 Å². The zero-order chi connectivity index (χ0) is 38.3. The van der Waals surface area contributed by atoms with Crippen molar-refractivity contribution in [1.82, 2.24) is 36.8 Å². The third kappa shape index (κ3) is 13.8. The van der Waals surface area contributed by atoms with E-state index in [1.165, 1.54) is 39.5 Å². The molecule has 0 aliphatic carbocycles. The number of nitrogens with one attached hydrogen (secondary N) is 6. The summed E-state index contributed by atoms with van der Waals surface area (Å²) in [5, 5.41) is 32.8. The summed E-state index contributed by atoms with van der Waals surface area (Å²) < 4.78 is 0. The molecule has 0 saturated carbocycles. The Bertz CT molecular complexity index is 1290. The summed E-state index contributed by atoms with van der Waals surface area (Å²) in [4.78, 5) is 106. The normalized spacial score (nSPS) is 18.1. The van der Waals surface area contributed by atoms with Crippen LogP contribution in [-0.2, 0) is 38.4 Å². The van der Waals surface area contributed by atoms with Crippen molar-refractivity contribution in [2.75, 3.05) is 19.7 Å². The highest BCUT2D eigenvalue weighted by Crippen LogP contribution is 2.20. The van der Waals surface area contributed by atoms with Gasteiger partial charge in [0.2, 0.25) is 41.4 Å². The topological polar surface area (TPSA) is 343 Å². The monoisotopic (exact) mass is 713 g/mol. The summed E-state index contributed by atoms with van der Waals surface area (Å²) in [5.74, 6) is -6.57. The van der Waals surface area contributed by atoms with Crippen molar-refractivity contribution in [3.8, 4) is 0 Å². The molecule has 21 heteroatoms. The summed E-state index contributed by atoms with van der Waals surface area (Å²) in [6.07, 6.45) is 0.986. The number of aliphatic hydroxyl groups is 1. The lowest BCUT2D eigenvalue weighted by Crippen LogP contribution is -2.59. The fraction of sp³-hybridized carbons (Fsp3) is 0.690. The van der Waals surface area contributed by atoms with E-state index in [1.807, 2.05) is 0 Å². The van der Waals surface area contributed by atoms with Crippen molar-refractivity contribution in [3.05, 3.63) is 0 Å². The molecule has 0 aromatic rings. The Kier molecular flexibility index (Phi) is 17.6.